The number of carbonyl (C=O) groups is 1. The van der Waals surface area contributed by atoms with Crippen molar-refractivity contribution < 1.29 is 27.4 Å². The highest BCUT2D eigenvalue weighted by atomic mass is 32.2. The number of halogens is 3. The van der Waals surface area contributed by atoms with Gasteiger partial charge in [-0.25, -0.2) is 4.79 Å². The quantitative estimate of drug-likeness (QED) is 0.595. The van der Waals surface area contributed by atoms with Gasteiger partial charge in [0.15, 0.2) is 10.7 Å². The van der Waals surface area contributed by atoms with Crippen LogP contribution in [0.5, 0.6) is 5.75 Å². The van der Waals surface area contributed by atoms with Crippen LogP contribution < -0.4 is 4.74 Å². The van der Waals surface area contributed by atoms with Crippen molar-refractivity contribution in [1.29, 1.82) is 0 Å². The van der Waals surface area contributed by atoms with Crippen molar-refractivity contribution in [3.8, 4) is 16.9 Å². The Morgan fingerprint density at radius 3 is 2.25 bits per heavy atom. The molecule has 1 N–H and O–H groups in total. The first-order valence-corrected chi connectivity index (χ1v) is 8.89. The monoisotopic (exact) mass is 409 g/mol. The first-order valence-electron chi connectivity index (χ1n) is 8.08. The molecule has 0 atom stereocenters. The molecule has 3 rings (SSSR count). The summed E-state index contributed by atoms with van der Waals surface area (Å²) in [5.41, 5.74) is 1.73. The van der Waals surface area contributed by atoms with Crippen LogP contribution in [0.4, 0.5) is 13.2 Å². The maximum Gasteiger partial charge on any atom is 0.573 e. The third-order valence-corrected chi connectivity index (χ3v) is 4.47. The minimum Gasteiger partial charge on any atom is -0.461 e. The summed E-state index contributed by atoms with van der Waals surface area (Å²) in [4.78, 5) is 12.6. The number of hydrogen-bond acceptors (Lipinski definition) is 6. The summed E-state index contributed by atoms with van der Waals surface area (Å²) in [6.07, 6.45) is -4.72. The predicted octanol–water partition coefficient (Wildman–Crippen LogP) is 4.70. The van der Waals surface area contributed by atoms with E-state index in [1.807, 2.05) is 24.3 Å². The fourth-order valence-corrected chi connectivity index (χ4v) is 3.11. The highest BCUT2D eigenvalue weighted by Crippen LogP contribution is 2.31. The van der Waals surface area contributed by atoms with Crippen molar-refractivity contribution in [2.45, 2.75) is 23.2 Å². The van der Waals surface area contributed by atoms with E-state index in [-0.39, 0.29) is 18.1 Å². The first-order chi connectivity index (χ1) is 13.4. The number of benzene rings is 2. The Kier molecular flexibility index (Phi) is 5.88. The molecule has 0 aliphatic carbocycles. The summed E-state index contributed by atoms with van der Waals surface area (Å²) < 4.78 is 45.5. The van der Waals surface area contributed by atoms with E-state index in [0.717, 1.165) is 16.0 Å². The van der Waals surface area contributed by atoms with Gasteiger partial charge in [-0.1, -0.05) is 41.2 Å². The second-order valence-electron chi connectivity index (χ2n) is 5.41. The molecule has 0 radical (unpaired) electrons. The number of carbonyl (C=O) groups excluding carboxylic acids is 1. The molecule has 6 nitrogen and oxygen atoms in total. The number of rotatable bonds is 6. The Morgan fingerprint density at radius 1 is 1.07 bits per heavy atom. The minimum absolute atomic E-state index is 0.177. The van der Waals surface area contributed by atoms with Crippen LogP contribution in [0.3, 0.4) is 0 Å². The van der Waals surface area contributed by atoms with Gasteiger partial charge in [0.25, 0.3) is 0 Å². The lowest BCUT2D eigenvalue weighted by Gasteiger charge is -2.09. The Labute approximate surface area is 162 Å². The highest BCUT2D eigenvalue weighted by molar-refractivity contribution is 7.99. The Hall–Kier alpha value is -3.01. The third-order valence-electron chi connectivity index (χ3n) is 3.49. The number of nitrogens with one attached hydrogen (secondary N) is 1. The number of aromatic nitrogens is 3. The maximum atomic E-state index is 12.2. The Morgan fingerprint density at radius 2 is 1.68 bits per heavy atom. The third kappa shape index (κ3) is 5.03. The van der Waals surface area contributed by atoms with Gasteiger partial charge in [-0.05, 0) is 42.3 Å². The zero-order valence-corrected chi connectivity index (χ0v) is 15.3. The summed E-state index contributed by atoms with van der Waals surface area (Å²) in [5, 5.41) is 10.4. The summed E-state index contributed by atoms with van der Waals surface area (Å²) in [6.45, 7) is 1.94. The van der Waals surface area contributed by atoms with Crippen molar-refractivity contribution >= 4 is 17.7 Å². The molecule has 1 heterocycles. The number of nitrogens with zero attached hydrogens (tertiary/aromatic N) is 2. The van der Waals surface area contributed by atoms with Gasteiger partial charge in [-0.2, -0.15) is 0 Å². The molecule has 0 aliphatic rings. The molecule has 0 saturated carbocycles. The molecule has 0 spiro atoms. The van der Waals surface area contributed by atoms with Gasteiger partial charge in [-0.3, -0.25) is 5.10 Å². The lowest BCUT2D eigenvalue weighted by molar-refractivity contribution is -0.274. The molecule has 3 aromatic rings. The highest BCUT2D eigenvalue weighted by Gasteiger charge is 2.30. The molecule has 0 fully saturated rings. The number of alkyl halides is 3. The topological polar surface area (TPSA) is 77.1 Å². The lowest BCUT2D eigenvalue weighted by Crippen LogP contribution is -2.16. The van der Waals surface area contributed by atoms with Gasteiger partial charge >= 0.3 is 12.3 Å². The number of H-pyrrole nitrogens is 1. The molecular formula is C18H14F3N3O3S. The van der Waals surface area contributed by atoms with Crippen LogP contribution in [0.25, 0.3) is 11.1 Å². The van der Waals surface area contributed by atoms with E-state index >= 15 is 0 Å². The molecule has 2 aromatic carbocycles. The van der Waals surface area contributed by atoms with Crippen molar-refractivity contribution in [3.05, 3.63) is 54.2 Å². The van der Waals surface area contributed by atoms with E-state index in [1.165, 1.54) is 23.9 Å². The van der Waals surface area contributed by atoms with E-state index in [2.05, 4.69) is 20.1 Å². The molecule has 28 heavy (non-hydrogen) atoms. The predicted molar refractivity (Wildman–Crippen MR) is 95.0 cm³/mol. The molecule has 0 aliphatic heterocycles. The van der Waals surface area contributed by atoms with Gasteiger partial charge in [0.2, 0.25) is 0 Å². The average molecular weight is 409 g/mol. The van der Waals surface area contributed by atoms with Crippen LogP contribution in [0.1, 0.15) is 17.4 Å². The zero-order chi connectivity index (χ0) is 20.1. The van der Waals surface area contributed by atoms with Crippen LogP contribution in [0.15, 0.2) is 58.5 Å². The summed E-state index contributed by atoms with van der Waals surface area (Å²) in [7, 11) is 0. The Bertz CT molecular complexity index is 941. The van der Waals surface area contributed by atoms with E-state index in [9.17, 15) is 18.0 Å². The standard InChI is InChI=1S/C18H14F3N3O3S/c1-2-26-17(25)15-16(23-24-22-15)28-14-9-5-12(6-10-14)11-3-7-13(8-4-11)27-18(19,20)21/h3-10H,2H2,1H3,(H,22,23,24). The second-order valence-corrected chi connectivity index (χ2v) is 6.47. The molecule has 0 bridgehead atoms. The van der Waals surface area contributed by atoms with E-state index in [4.69, 9.17) is 4.74 Å². The number of ether oxygens (including phenoxy) is 2. The summed E-state index contributed by atoms with van der Waals surface area (Å²) in [6, 6.07) is 12.8. The van der Waals surface area contributed by atoms with Gasteiger partial charge in [0, 0.05) is 4.90 Å². The van der Waals surface area contributed by atoms with Gasteiger partial charge in [0.05, 0.1) is 6.61 Å². The van der Waals surface area contributed by atoms with E-state index in [1.54, 1.807) is 19.1 Å². The summed E-state index contributed by atoms with van der Waals surface area (Å²) >= 11 is 1.24. The van der Waals surface area contributed by atoms with Crippen LogP contribution in [0, 0.1) is 0 Å². The molecule has 0 saturated heterocycles. The molecular weight excluding hydrogens is 395 g/mol. The zero-order valence-electron chi connectivity index (χ0n) is 14.5. The SMILES string of the molecule is CCOC(=O)c1[nH]nnc1Sc1ccc(-c2ccc(OC(F)(F)F)cc2)cc1. The van der Waals surface area contributed by atoms with Crippen molar-refractivity contribution in [3.63, 3.8) is 0 Å². The molecule has 0 unspecified atom stereocenters. The smallest absolute Gasteiger partial charge is 0.461 e. The van der Waals surface area contributed by atoms with Crippen LogP contribution >= 0.6 is 11.8 Å². The average Bonchev–Trinajstić information content (AvgIpc) is 3.10. The van der Waals surface area contributed by atoms with Crippen molar-refractivity contribution in [2.75, 3.05) is 6.61 Å². The van der Waals surface area contributed by atoms with Crippen molar-refractivity contribution in [1.82, 2.24) is 15.4 Å². The van der Waals surface area contributed by atoms with Crippen molar-refractivity contribution in [2.24, 2.45) is 0 Å². The normalized spacial score (nSPS) is 11.3. The molecule has 10 heteroatoms. The number of hydrogen-bond donors (Lipinski definition) is 1. The van der Waals surface area contributed by atoms with Crippen LogP contribution in [0.2, 0.25) is 0 Å². The fourth-order valence-electron chi connectivity index (χ4n) is 2.30. The second kappa shape index (κ2) is 8.34. The lowest BCUT2D eigenvalue weighted by atomic mass is 10.1. The number of esters is 1. The molecule has 0 amide bonds. The van der Waals surface area contributed by atoms with Crippen LogP contribution in [-0.4, -0.2) is 34.3 Å². The summed E-state index contributed by atoms with van der Waals surface area (Å²) in [5.74, 6) is -0.811. The molecule has 146 valence electrons. The van der Waals surface area contributed by atoms with Gasteiger partial charge < -0.3 is 9.47 Å². The van der Waals surface area contributed by atoms with E-state index in [0.29, 0.717) is 5.03 Å². The van der Waals surface area contributed by atoms with Gasteiger partial charge in [0.1, 0.15) is 5.75 Å². The number of aromatic amines is 1. The maximum absolute atomic E-state index is 12.2. The van der Waals surface area contributed by atoms with E-state index < -0.39 is 12.3 Å². The van der Waals surface area contributed by atoms with Gasteiger partial charge in [-0.15, -0.1) is 18.3 Å². The molecule has 1 aromatic heterocycles. The first kappa shape index (κ1) is 19.7. The minimum atomic E-state index is -4.72. The Balaban J connectivity index is 1.71. The van der Waals surface area contributed by atoms with Crippen LogP contribution in [-0.2, 0) is 4.74 Å². The largest absolute Gasteiger partial charge is 0.573 e. The fraction of sp³-hybridized carbons (Fsp3) is 0.167.